The smallest absolute Gasteiger partial charge is 0.338 e. The molecule has 0 radical (unpaired) electrons. The van der Waals surface area contributed by atoms with Crippen molar-refractivity contribution in [2.45, 2.75) is 18.8 Å². The molecule has 0 spiro atoms. The Morgan fingerprint density at radius 1 is 1.18 bits per heavy atom. The van der Waals surface area contributed by atoms with Crippen LogP contribution in [0.5, 0.6) is 0 Å². The Morgan fingerprint density at radius 2 is 1.71 bits per heavy atom. The van der Waals surface area contributed by atoms with Crippen molar-refractivity contribution in [3.8, 4) is 11.8 Å². The topological polar surface area (TPSA) is 74.6 Å². The average Bonchev–Trinajstić information content (AvgIpc) is 2.30. The summed E-state index contributed by atoms with van der Waals surface area (Å²) in [7, 11) is 0. The van der Waals surface area contributed by atoms with E-state index in [1.807, 2.05) is 0 Å². The first-order chi connectivity index (χ1) is 8.05. The van der Waals surface area contributed by atoms with Crippen molar-refractivity contribution in [3.05, 3.63) is 35.9 Å². The Kier molecular flexibility index (Phi) is 3.89. The summed E-state index contributed by atoms with van der Waals surface area (Å²) in [5.74, 6) is 1.94. The van der Waals surface area contributed by atoms with Gasteiger partial charge in [0.25, 0.3) is 0 Å². The zero-order valence-electron chi connectivity index (χ0n) is 9.30. The van der Waals surface area contributed by atoms with Crippen LogP contribution >= 0.6 is 0 Å². The molecule has 17 heavy (non-hydrogen) atoms. The number of carboxylic acid groups (broad SMARTS) is 2. The van der Waals surface area contributed by atoms with Crippen LogP contribution in [0.1, 0.15) is 18.9 Å². The van der Waals surface area contributed by atoms with Gasteiger partial charge in [-0.3, -0.25) is 0 Å². The minimum Gasteiger partial charge on any atom is -0.479 e. The van der Waals surface area contributed by atoms with Gasteiger partial charge in [0.15, 0.2) is 0 Å². The number of benzene rings is 1. The van der Waals surface area contributed by atoms with Gasteiger partial charge in [0.1, 0.15) is 0 Å². The van der Waals surface area contributed by atoms with Gasteiger partial charge in [-0.15, -0.1) is 5.92 Å². The molecule has 2 N–H and O–H groups in total. The minimum absolute atomic E-state index is 0.154. The van der Waals surface area contributed by atoms with E-state index in [-0.39, 0.29) is 5.56 Å². The zero-order valence-corrected chi connectivity index (χ0v) is 9.30. The van der Waals surface area contributed by atoms with Crippen molar-refractivity contribution >= 4 is 11.9 Å². The Morgan fingerprint density at radius 3 is 2.12 bits per heavy atom. The van der Waals surface area contributed by atoms with Gasteiger partial charge < -0.3 is 10.2 Å². The fourth-order valence-electron chi connectivity index (χ4n) is 1.43. The van der Waals surface area contributed by atoms with E-state index in [0.29, 0.717) is 6.42 Å². The van der Waals surface area contributed by atoms with Crippen molar-refractivity contribution in [1.29, 1.82) is 0 Å². The first kappa shape index (κ1) is 12.8. The number of hydrogen-bond donors (Lipinski definition) is 2. The first-order valence-electron chi connectivity index (χ1n) is 5.08. The summed E-state index contributed by atoms with van der Waals surface area (Å²) in [6.07, 6.45) is 0.398. The second-order valence-corrected chi connectivity index (χ2v) is 3.38. The maximum absolute atomic E-state index is 11.3. The molecule has 1 aromatic carbocycles. The standard InChI is InChI=1S/C13H12O4/c1-2-3-9-13(11(14)15,12(16)17)10-7-5-4-6-8-10/h4-8H,2H2,1H3,(H,14,15)(H,16,17). The monoisotopic (exact) mass is 232 g/mol. The van der Waals surface area contributed by atoms with Crippen LogP contribution in [-0.4, -0.2) is 22.2 Å². The molecule has 4 heteroatoms. The maximum Gasteiger partial charge on any atom is 0.338 e. The molecule has 0 unspecified atom stereocenters. The summed E-state index contributed by atoms with van der Waals surface area (Å²) < 4.78 is 0. The second kappa shape index (κ2) is 5.17. The lowest BCUT2D eigenvalue weighted by molar-refractivity contribution is -0.154. The molecule has 0 aromatic heterocycles. The zero-order chi connectivity index (χ0) is 12.9. The van der Waals surface area contributed by atoms with E-state index in [2.05, 4.69) is 11.8 Å². The van der Waals surface area contributed by atoms with E-state index >= 15 is 0 Å². The van der Waals surface area contributed by atoms with E-state index in [1.165, 1.54) is 12.1 Å². The largest absolute Gasteiger partial charge is 0.479 e. The van der Waals surface area contributed by atoms with Gasteiger partial charge in [0.05, 0.1) is 0 Å². The van der Waals surface area contributed by atoms with Crippen LogP contribution < -0.4 is 0 Å². The summed E-state index contributed by atoms with van der Waals surface area (Å²) in [4.78, 5) is 22.6. The van der Waals surface area contributed by atoms with Crippen molar-refractivity contribution in [3.63, 3.8) is 0 Å². The third-order valence-electron chi connectivity index (χ3n) is 2.30. The number of hydrogen-bond acceptors (Lipinski definition) is 2. The third kappa shape index (κ3) is 2.28. The van der Waals surface area contributed by atoms with E-state index < -0.39 is 17.4 Å². The van der Waals surface area contributed by atoms with Gasteiger partial charge in [-0.2, -0.15) is 0 Å². The summed E-state index contributed by atoms with van der Waals surface area (Å²) in [6, 6.07) is 7.76. The van der Waals surface area contributed by atoms with Gasteiger partial charge in [0, 0.05) is 6.42 Å². The Labute approximate surface area is 98.9 Å². The van der Waals surface area contributed by atoms with Gasteiger partial charge >= 0.3 is 11.9 Å². The molecule has 0 saturated carbocycles. The summed E-state index contributed by atoms with van der Waals surface area (Å²) in [5.41, 5.74) is -2.03. The molecule has 0 aliphatic carbocycles. The van der Waals surface area contributed by atoms with E-state index in [4.69, 9.17) is 0 Å². The van der Waals surface area contributed by atoms with Gasteiger partial charge in [-0.1, -0.05) is 43.2 Å². The van der Waals surface area contributed by atoms with E-state index in [9.17, 15) is 19.8 Å². The molecule has 1 rings (SSSR count). The summed E-state index contributed by atoms with van der Waals surface area (Å²) in [6.45, 7) is 1.73. The molecule has 0 saturated heterocycles. The fourth-order valence-corrected chi connectivity index (χ4v) is 1.43. The number of carbonyl (C=O) groups is 2. The summed E-state index contributed by atoms with van der Waals surface area (Å²) in [5, 5.41) is 18.4. The lowest BCUT2D eigenvalue weighted by Gasteiger charge is -2.19. The fraction of sp³-hybridized carbons (Fsp3) is 0.231. The highest BCUT2D eigenvalue weighted by molar-refractivity contribution is 6.08. The lowest BCUT2D eigenvalue weighted by atomic mass is 9.81. The van der Waals surface area contributed by atoms with Crippen molar-refractivity contribution in [1.82, 2.24) is 0 Å². The predicted octanol–water partition coefficient (Wildman–Crippen LogP) is 1.51. The van der Waals surface area contributed by atoms with Crippen molar-refractivity contribution in [2.75, 3.05) is 0 Å². The normalized spacial score (nSPS) is 10.2. The molecular weight excluding hydrogens is 220 g/mol. The van der Waals surface area contributed by atoms with Crippen LogP contribution in [0.15, 0.2) is 30.3 Å². The van der Waals surface area contributed by atoms with E-state index in [1.54, 1.807) is 25.1 Å². The Bertz CT molecular complexity index is 465. The van der Waals surface area contributed by atoms with Crippen LogP contribution in [0.4, 0.5) is 0 Å². The van der Waals surface area contributed by atoms with Crippen LogP contribution in [-0.2, 0) is 15.0 Å². The molecule has 4 nitrogen and oxygen atoms in total. The minimum atomic E-state index is -2.18. The Balaban J connectivity index is 3.47. The quantitative estimate of drug-likeness (QED) is 0.612. The average molecular weight is 232 g/mol. The van der Waals surface area contributed by atoms with Gasteiger partial charge in [-0.25, -0.2) is 9.59 Å². The van der Waals surface area contributed by atoms with Gasteiger partial charge in [-0.05, 0) is 5.56 Å². The number of carboxylic acids is 2. The number of aliphatic carboxylic acids is 2. The van der Waals surface area contributed by atoms with Crippen molar-refractivity contribution in [2.24, 2.45) is 0 Å². The van der Waals surface area contributed by atoms with Crippen molar-refractivity contribution < 1.29 is 19.8 Å². The molecule has 0 heterocycles. The molecule has 0 amide bonds. The van der Waals surface area contributed by atoms with Crippen LogP contribution in [0.2, 0.25) is 0 Å². The molecule has 0 aliphatic rings. The Hall–Kier alpha value is -2.28. The molecule has 0 atom stereocenters. The van der Waals surface area contributed by atoms with Gasteiger partial charge in [0.2, 0.25) is 5.41 Å². The summed E-state index contributed by atoms with van der Waals surface area (Å²) >= 11 is 0. The molecule has 0 bridgehead atoms. The molecule has 0 aliphatic heterocycles. The highest BCUT2D eigenvalue weighted by atomic mass is 16.4. The van der Waals surface area contributed by atoms with E-state index in [0.717, 1.165) is 0 Å². The third-order valence-corrected chi connectivity index (χ3v) is 2.30. The van der Waals surface area contributed by atoms with Crippen LogP contribution in [0.25, 0.3) is 0 Å². The van der Waals surface area contributed by atoms with Crippen LogP contribution in [0.3, 0.4) is 0 Å². The highest BCUT2D eigenvalue weighted by Gasteiger charge is 2.47. The molecule has 1 aromatic rings. The van der Waals surface area contributed by atoms with Crippen LogP contribution in [0, 0.1) is 11.8 Å². The molecular formula is C13H12O4. The molecule has 0 fully saturated rings. The SMILES string of the molecule is CCC#CC(C(=O)O)(C(=O)O)c1ccccc1. The second-order valence-electron chi connectivity index (χ2n) is 3.38. The first-order valence-corrected chi connectivity index (χ1v) is 5.08. The molecule has 88 valence electrons. The predicted molar refractivity (Wildman–Crippen MR) is 61.5 cm³/mol. The highest BCUT2D eigenvalue weighted by Crippen LogP contribution is 2.24. The maximum atomic E-state index is 11.3. The lowest BCUT2D eigenvalue weighted by Crippen LogP contribution is -2.42. The number of rotatable bonds is 3.